The number of carbonyl (C=O) groups excluding carboxylic acids is 1. The molecule has 0 bridgehead atoms. The van der Waals surface area contributed by atoms with E-state index in [1.54, 1.807) is 36.4 Å². The highest BCUT2D eigenvalue weighted by molar-refractivity contribution is 6.09. The van der Waals surface area contributed by atoms with Gasteiger partial charge < -0.3 is 14.8 Å². The molecular weight excluding hydrogens is 450 g/mol. The molecule has 35 heavy (non-hydrogen) atoms. The van der Waals surface area contributed by atoms with Crippen molar-refractivity contribution in [2.24, 2.45) is 0 Å². The predicted molar refractivity (Wildman–Crippen MR) is 131 cm³/mol. The van der Waals surface area contributed by atoms with Gasteiger partial charge in [0.2, 0.25) is 0 Å². The monoisotopic (exact) mass is 474 g/mol. The number of nitrogens with one attached hydrogen (secondary N) is 1. The fourth-order valence-corrected chi connectivity index (χ4v) is 3.35. The fraction of sp³-hybridized carbons (Fsp3) is 0.143. The second-order valence-electron chi connectivity index (χ2n) is 7.46. The Morgan fingerprint density at radius 1 is 1.11 bits per heavy atom. The first kappa shape index (κ1) is 25.2. The minimum atomic E-state index is -0.743. The van der Waals surface area contributed by atoms with Gasteiger partial charge in [-0.3, -0.25) is 4.79 Å². The summed E-state index contributed by atoms with van der Waals surface area (Å²) in [6.45, 7) is 6.05. The lowest BCUT2D eigenvalue weighted by Crippen LogP contribution is -2.14. The van der Waals surface area contributed by atoms with E-state index in [1.807, 2.05) is 13.0 Å². The molecular formula is C28H24F2N2O3. The maximum atomic E-state index is 13.9. The lowest BCUT2D eigenvalue weighted by molar-refractivity contribution is -0.112. The number of anilines is 1. The highest BCUT2D eigenvalue weighted by Crippen LogP contribution is 2.35. The third kappa shape index (κ3) is 6.78. The molecule has 0 saturated carbocycles. The van der Waals surface area contributed by atoms with Crippen LogP contribution in [0.15, 0.2) is 78.9 Å². The van der Waals surface area contributed by atoms with Crippen LogP contribution < -0.4 is 14.8 Å². The average Bonchev–Trinajstić information content (AvgIpc) is 2.84. The van der Waals surface area contributed by atoms with Crippen LogP contribution in [0.3, 0.4) is 0 Å². The Labute approximate surface area is 202 Å². The fourth-order valence-electron chi connectivity index (χ4n) is 3.35. The summed E-state index contributed by atoms with van der Waals surface area (Å²) in [5.74, 6) is -0.846. The first-order valence-corrected chi connectivity index (χ1v) is 10.9. The van der Waals surface area contributed by atoms with E-state index in [0.717, 1.165) is 0 Å². The summed E-state index contributed by atoms with van der Waals surface area (Å²) in [5, 5.41) is 12.0. The Morgan fingerprint density at radius 2 is 1.91 bits per heavy atom. The Balaban J connectivity index is 1.94. The van der Waals surface area contributed by atoms with Crippen molar-refractivity contribution in [2.45, 2.75) is 20.0 Å². The van der Waals surface area contributed by atoms with Gasteiger partial charge >= 0.3 is 0 Å². The molecule has 0 atom stereocenters. The van der Waals surface area contributed by atoms with E-state index in [1.165, 1.54) is 36.4 Å². The molecule has 178 valence electrons. The number of hydrogen-bond acceptors (Lipinski definition) is 4. The molecule has 0 saturated heterocycles. The molecule has 0 aliphatic heterocycles. The summed E-state index contributed by atoms with van der Waals surface area (Å²) in [5.41, 5.74) is 1.64. The van der Waals surface area contributed by atoms with Crippen LogP contribution in [-0.4, -0.2) is 12.5 Å². The lowest BCUT2D eigenvalue weighted by Gasteiger charge is -2.17. The van der Waals surface area contributed by atoms with E-state index in [4.69, 9.17) is 9.47 Å². The number of ether oxygens (including phenoxy) is 2. The quantitative estimate of drug-likeness (QED) is 0.215. The first-order chi connectivity index (χ1) is 16.9. The summed E-state index contributed by atoms with van der Waals surface area (Å²) >= 11 is 0. The molecule has 7 heteroatoms. The topological polar surface area (TPSA) is 71.4 Å². The number of halogens is 2. The zero-order chi connectivity index (χ0) is 25.2. The average molecular weight is 475 g/mol. The van der Waals surface area contributed by atoms with Crippen LogP contribution in [0.5, 0.6) is 11.5 Å². The van der Waals surface area contributed by atoms with Crippen LogP contribution in [0.25, 0.3) is 6.08 Å². The zero-order valence-electron chi connectivity index (χ0n) is 19.2. The maximum Gasteiger partial charge on any atom is 0.266 e. The molecule has 0 spiro atoms. The Bertz CT molecular complexity index is 1300. The van der Waals surface area contributed by atoms with Gasteiger partial charge in [-0.15, -0.1) is 6.58 Å². The van der Waals surface area contributed by atoms with E-state index < -0.39 is 11.7 Å². The molecule has 0 aliphatic rings. The van der Waals surface area contributed by atoms with Crippen molar-refractivity contribution >= 4 is 17.7 Å². The van der Waals surface area contributed by atoms with Gasteiger partial charge in [0, 0.05) is 5.56 Å². The smallest absolute Gasteiger partial charge is 0.266 e. The number of benzene rings is 3. The van der Waals surface area contributed by atoms with Crippen LogP contribution in [0.4, 0.5) is 14.5 Å². The van der Waals surface area contributed by atoms with Crippen molar-refractivity contribution < 1.29 is 23.0 Å². The molecule has 3 rings (SSSR count). The van der Waals surface area contributed by atoms with Crippen LogP contribution >= 0.6 is 0 Å². The normalized spacial score (nSPS) is 10.9. The molecule has 0 radical (unpaired) electrons. The minimum Gasteiger partial charge on any atom is -0.490 e. The molecule has 5 nitrogen and oxygen atoms in total. The Kier molecular flexibility index (Phi) is 8.74. The number of allylic oxidation sites excluding steroid dienone is 1. The van der Waals surface area contributed by atoms with E-state index in [2.05, 4.69) is 11.9 Å². The van der Waals surface area contributed by atoms with E-state index >= 15 is 0 Å². The molecule has 0 aromatic heterocycles. The van der Waals surface area contributed by atoms with E-state index in [0.29, 0.717) is 41.2 Å². The van der Waals surface area contributed by atoms with Crippen LogP contribution in [0.2, 0.25) is 0 Å². The molecule has 1 amide bonds. The number of amides is 1. The molecule has 0 unspecified atom stereocenters. The standard InChI is InChI=1S/C28H24F2N2O3/c1-3-8-21-13-20(14-22(17-31)28(33)32-25-12-6-5-11-24(25)30)16-26(34-4-2)27(21)35-18-19-9-7-10-23(29)15-19/h3,5-7,9-16H,1,4,8,18H2,2H3,(H,32,33)/b22-14-. The van der Waals surface area contributed by atoms with Gasteiger partial charge in [-0.25, -0.2) is 8.78 Å². The second-order valence-corrected chi connectivity index (χ2v) is 7.46. The number of nitriles is 1. The minimum absolute atomic E-state index is 0.0258. The number of hydrogen-bond donors (Lipinski definition) is 1. The molecule has 1 N–H and O–H groups in total. The molecule has 0 fully saturated rings. The van der Waals surface area contributed by atoms with Crippen molar-refractivity contribution in [3.05, 3.63) is 107 Å². The third-order valence-electron chi connectivity index (χ3n) is 4.89. The lowest BCUT2D eigenvalue weighted by atomic mass is 10.0. The molecule has 0 aliphatic carbocycles. The molecule has 0 heterocycles. The van der Waals surface area contributed by atoms with Crippen LogP contribution in [0.1, 0.15) is 23.6 Å². The summed E-state index contributed by atoms with van der Waals surface area (Å²) in [6, 6.07) is 17.0. The summed E-state index contributed by atoms with van der Waals surface area (Å²) in [6.07, 6.45) is 3.49. The van der Waals surface area contributed by atoms with Gasteiger partial charge in [0.15, 0.2) is 11.5 Å². The second kappa shape index (κ2) is 12.1. The summed E-state index contributed by atoms with van der Waals surface area (Å²) in [7, 11) is 0. The van der Waals surface area contributed by atoms with Crippen LogP contribution in [0, 0.1) is 23.0 Å². The molecule has 3 aromatic carbocycles. The van der Waals surface area contributed by atoms with Crippen molar-refractivity contribution in [2.75, 3.05) is 11.9 Å². The van der Waals surface area contributed by atoms with Gasteiger partial charge in [0.05, 0.1) is 12.3 Å². The zero-order valence-corrected chi connectivity index (χ0v) is 19.2. The predicted octanol–water partition coefficient (Wildman–Crippen LogP) is 6.22. The number of para-hydroxylation sites is 1. The first-order valence-electron chi connectivity index (χ1n) is 10.9. The highest BCUT2D eigenvalue weighted by Gasteiger charge is 2.16. The maximum absolute atomic E-state index is 13.9. The van der Waals surface area contributed by atoms with E-state index in [9.17, 15) is 18.8 Å². The van der Waals surface area contributed by atoms with Crippen molar-refractivity contribution in [1.29, 1.82) is 5.26 Å². The van der Waals surface area contributed by atoms with Gasteiger partial charge in [0.25, 0.3) is 5.91 Å². The Hall–Kier alpha value is -4.44. The third-order valence-corrected chi connectivity index (χ3v) is 4.89. The van der Waals surface area contributed by atoms with E-state index in [-0.39, 0.29) is 23.7 Å². The van der Waals surface area contributed by atoms with Gasteiger partial charge in [-0.05, 0) is 66.9 Å². The van der Waals surface area contributed by atoms with Crippen molar-refractivity contribution in [1.82, 2.24) is 0 Å². The largest absolute Gasteiger partial charge is 0.490 e. The number of rotatable bonds is 10. The van der Waals surface area contributed by atoms with Gasteiger partial charge in [-0.2, -0.15) is 5.26 Å². The van der Waals surface area contributed by atoms with Gasteiger partial charge in [-0.1, -0.05) is 30.3 Å². The number of carbonyl (C=O) groups is 1. The summed E-state index contributed by atoms with van der Waals surface area (Å²) < 4.78 is 39.2. The SMILES string of the molecule is C=CCc1cc(/C=C(/C#N)C(=O)Nc2ccccc2F)cc(OCC)c1OCc1cccc(F)c1. The van der Waals surface area contributed by atoms with Crippen molar-refractivity contribution in [3.8, 4) is 17.6 Å². The van der Waals surface area contributed by atoms with Crippen LogP contribution in [-0.2, 0) is 17.8 Å². The summed E-state index contributed by atoms with van der Waals surface area (Å²) in [4.78, 5) is 12.6. The van der Waals surface area contributed by atoms with Gasteiger partial charge in [0.1, 0.15) is 29.9 Å². The highest BCUT2D eigenvalue weighted by atomic mass is 19.1. The molecule has 3 aromatic rings. The Morgan fingerprint density at radius 3 is 2.60 bits per heavy atom. The number of nitrogens with zero attached hydrogens (tertiary/aromatic N) is 1. The van der Waals surface area contributed by atoms with Crippen molar-refractivity contribution in [3.63, 3.8) is 0 Å².